The molecule has 122 valence electrons. The van der Waals surface area contributed by atoms with E-state index in [4.69, 9.17) is 4.74 Å². The summed E-state index contributed by atoms with van der Waals surface area (Å²) >= 11 is 0. The van der Waals surface area contributed by atoms with E-state index in [2.05, 4.69) is 11.0 Å². The highest BCUT2D eigenvalue weighted by Gasteiger charge is 2.55. The van der Waals surface area contributed by atoms with E-state index in [0.717, 1.165) is 51.3 Å². The fraction of sp³-hybridized carbons (Fsp3) is 0.556. The molecule has 1 aromatic carbocycles. The maximum atomic E-state index is 13.0. The standard InChI is InChI=1S/C18H22N2O3/c21-16-13-18(6-5-14-3-1-2-4-15(14)18)17(22)20(16)8-7-19-9-11-23-12-10-19/h1-4H,5-13H2/t18-/m1/s1. The van der Waals surface area contributed by atoms with Crippen molar-refractivity contribution < 1.29 is 14.3 Å². The summed E-state index contributed by atoms with van der Waals surface area (Å²) in [6, 6.07) is 8.09. The van der Waals surface area contributed by atoms with E-state index in [1.54, 1.807) is 0 Å². The summed E-state index contributed by atoms with van der Waals surface area (Å²) in [6.45, 7) is 4.48. The molecular formula is C18H22N2O3. The predicted molar refractivity (Wildman–Crippen MR) is 85.0 cm³/mol. The molecule has 3 aliphatic rings. The average molecular weight is 314 g/mol. The molecule has 0 aromatic heterocycles. The molecule has 0 unspecified atom stereocenters. The molecule has 0 saturated carbocycles. The number of hydrogen-bond donors (Lipinski definition) is 0. The number of hydrogen-bond acceptors (Lipinski definition) is 4. The number of aryl methyl sites for hydroxylation is 1. The lowest BCUT2D eigenvalue weighted by molar-refractivity contribution is -0.140. The van der Waals surface area contributed by atoms with Gasteiger partial charge in [-0.2, -0.15) is 0 Å². The molecule has 0 bridgehead atoms. The number of carbonyl (C=O) groups excluding carboxylic acids is 2. The second kappa shape index (κ2) is 5.73. The fourth-order valence-corrected chi connectivity index (χ4v) is 4.19. The van der Waals surface area contributed by atoms with Crippen LogP contribution in [0.5, 0.6) is 0 Å². The van der Waals surface area contributed by atoms with Crippen LogP contribution in [0.3, 0.4) is 0 Å². The molecule has 1 aromatic rings. The van der Waals surface area contributed by atoms with E-state index in [1.807, 2.05) is 18.2 Å². The zero-order chi connectivity index (χ0) is 15.9. The molecule has 2 saturated heterocycles. The second-order valence-electron chi connectivity index (χ2n) is 6.72. The number of imide groups is 1. The van der Waals surface area contributed by atoms with Crippen LogP contribution >= 0.6 is 0 Å². The minimum Gasteiger partial charge on any atom is -0.379 e. The smallest absolute Gasteiger partial charge is 0.240 e. The van der Waals surface area contributed by atoms with Crippen molar-refractivity contribution in [1.29, 1.82) is 0 Å². The van der Waals surface area contributed by atoms with E-state index < -0.39 is 5.41 Å². The SMILES string of the molecule is O=C1C[C@@]2(CCc3ccccc32)C(=O)N1CCN1CCOCC1. The molecule has 2 amide bonds. The zero-order valence-electron chi connectivity index (χ0n) is 13.3. The van der Waals surface area contributed by atoms with Gasteiger partial charge in [-0.25, -0.2) is 0 Å². The molecule has 2 heterocycles. The van der Waals surface area contributed by atoms with Gasteiger partial charge < -0.3 is 4.74 Å². The van der Waals surface area contributed by atoms with Gasteiger partial charge in [-0.05, 0) is 24.0 Å². The number of carbonyl (C=O) groups is 2. The quantitative estimate of drug-likeness (QED) is 0.780. The fourth-order valence-electron chi connectivity index (χ4n) is 4.19. The molecule has 1 spiro atoms. The van der Waals surface area contributed by atoms with E-state index in [-0.39, 0.29) is 11.8 Å². The van der Waals surface area contributed by atoms with Crippen molar-refractivity contribution in [2.45, 2.75) is 24.7 Å². The van der Waals surface area contributed by atoms with Crippen molar-refractivity contribution in [2.24, 2.45) is 0 Å². The summed E-state index contributed by atoms with van der Waals surface area (Å²) in [6.07, 6.45) is 2.00. The van der Waals surface area contributed by atoms with E-state index in [1.165, 1.54) is 10.5 Å². The molecule has 5 heteroatoms. The first-order valence-electron chi connectivity index (χ1n) is 8.44. The molecular weight excluding hydrogens is 292 g/mol. The Balaban J connectivity index is 1.51. The van der Waals surface area contributed by atoms with Gasteiger partial charge >= 0.3 is 0 Å². The topological polar surface area (TPSA) is 49.9 Å². The third kappa shape index (κ3) is 2.39. The molecule has 23 heavy (non-hydrogen) atoms. The Kier molecular flexibility index (Phi) is 3.70. The van der Waals surface area contributed by atoms with Crippen molar-refractivity contribution in [3.63, 3.8) is 0 Å². The van der Waals surface area contributed by atoms with Crippen LogP contribution in [-0.2, 0) is 26.2 Å². The van der Waals surface area contributed by atoms with Gasteiger partial charge in [0.05, 0.1) is 18.6 Å². The molecule has 1 aliphatic carbocycles. The lowest BCUT2D eigenvalue weighted by Crippen LogP contribution is -2.44. The number of benzene rings is 1. The number of ether oxygens (including phenoxy) is 1. The lowest BCUT2D eigenvalue weighted by Gasteiger charge is -2.28. The van der Waals surface area contributed by atoms with Gasteiger partial charge in [-0.1, -0.05) is 24.3 Å². The Morgan fingerprint density at radius 3 is 2.70 bits per heavy atom. The molecule has 2 fully saturated rings. The predicted octanol–water partition coefficient (Wildman–Crippen LogP) is 0.962. The van der Waals surface area contributed by atoms with Gasteiger partial charge in [0.25, 0.3) is 0 Å². The molecule has 2 aliphatic heterocycles. The van der Waals surface area contributed by atoms with Crippen LogP contribution in [0, 0.1) is 0 Å². The Bertz CT molecular complexity index is 639. The Morgan fingerprint density at radius 1 is 1.09 bits per heavy atom. The van der Waals surface area contributed by atoms with Crippen LogP contribution in [0.15, 0.2) is 24.3 Å². The first kappa shape index (κ1) is 14.8. The number of morpholine rings is 1. The van der Waals surface area contributed by atoms with Gasteiger partial charge in [0, 0.05) is 32.6 Å². The number of amides is 2. The lowest BCUT2D eigenvalue weighted by atomic mass is 9.80. The van der Waals surface area contributed by atoms with Gasteiger partial charge in [0.2, 0.25) is 11.8 Å². The van der Waals surface area contributed by atoms with Crippen molar-refractivity contribution in [3.05, 3.63) is 35.4 Å². The minimum atomic E-state index is -0.585. The van der Waals surface area contributed by atoms with Crippen LogP contribution in [-0.4, -0.2) is 61.0 Å². The molecule has 5 nitrogen and oxygen atoms in total. The highest BCUT2D eigenvalue weighted by atomic mass is 16.5. The van der Waals surface area contributed by atoms with E-state index in [9.17, 15) is 9.59 Å². The van der Waals surface area contributed by atoms with E-state index >= 15 is 0 Å². The summed E-state index contributed by atoms with van der Waals surface area (Å²) in [4.78, 5) is 29.3. The van der Waals surface area contributed by atoms with Gasteiger partial charge in [0.1, 0.15) is 0 Å². The van der Waals surface area contributed by atoms with Crippen LogP contribution in [0.2, 0.25) is 0 Å². The van der Waals surface area contributed by atoms with Crippen molar-refractivity contribution >= 4 is 11.8 Å². The summed E-state index contributed by atoms with van der Waals surface area (Å²) < 4.78 is 5.34. The third-order valence-corrected chi connectivity index (χ3v) is 5.51. The van der Waals surface area contributed by atoms with Crippen LogP contribution in [0.1, 0.15) is 24.0 Å². The summed E-state index contributed by atoms with van der Waals surface area (Å²) in [5.41, 5.74) is 1.72. The Labute approximate surface area is 136 Å². The first-order chi connectivity index (χ1) is 11.2. The van der Waals surface area contributed by atoms with Crippen LogP contribution in [0.4, 0.5) is 0 Å². The summed E-state index contributed by atoms with van der Waals surface area (Å²) in [5.74, 6) is 0.000622. The highest BCUT2D eigenvalue weighted by molar-refractivity contribution is 6.09. The summed E-state index contributed by atoms with van der Waals surface area (Å²) in [5, 5.41) is 0. The van der Waals surface area contributed by atoms with Gasteiger partial charge in [0.15, 0.2) is 0 Å². The molecule has 1 atom stereocenters. The van der Waals surface area contributed by atoms with E-state index in [0.29, 0.717) is 13.0 Å². The van der Waals surface area contributed by atoms with Gasteiger partial charge in [-0.3, -0.25) is 19.4 Å². The largest absolute Gasteiger partial charge is 0.379 e. The first-order valence-corrected chi connectivity index (χ1v) is 8.44. The van der Waals surface area contributed by atoms with Crippen molar-refractivity contribution in [3.8, 4) is 0 Å². The third-order valence-electron chi connectivity index (χ3n) is 5.51. The maximum Gasteiger partial charge on any atom is 0.240 e. The summed E-state index contributed by atoms with van der Waals surface area (Å²) in [7, 11) is 0. The Morgan fingerprint density at radius 2 is 1.87 bits per heavy atom. The average Bonchev–Trinajstić information content (AvgIpc) is 3.07. The van der Waals surface area contributed by atoms with Crippen molar-refractivity contribution in [2.75, 3.05) is 39.4 Å². The number of fused-ring (bicyclic) bond motifs is 2. The zero-order valence-corrected chi connectivity index (χ0v) is 13.3. The number of likely N-dealkylation sites (tertiary alicyclic amines) is 1. The molecule has 4 rings (SSSR count). The van der Waals surface area contributed by atoms with Gasteiger partial charge in [-0.15, -0.1) is 0 Å². The number of rotatable bonds is 3. The number of nitrogens with zero attached hydrogens (tertiary/aromatic N) is 2. The maximum absolute atomic E-state index is 13.0. The molecule has 0 radical (unpaired) electrons. The van der Waals surface area contributed by atoms with Crippen LogP contribution < -0.4 is 0 Å². The Hall–Kier alpha value is -1.72. The van der Waals surface area contributed by atoms with Crippen molar-refractivity contribution in [1.82, 2.24) is 9.80 Å². The highest BCUT2D eigenvalue weighted by Crippen LogP contribution is 2.46. The monoisotopic (exact) mass is 314 g/mol. The van der Waals surface area contributed by atoms with Crippen LogP contribution in [0.25, 0.3) is 0 Å². The molecule has 0 N–H and O–H groups in total. The normalized spacial score (nSPS) is 27.9. The minimum absolute atomic E-state index is 0.0139. The second-order valence-corrected chi connectivity index (χ2v) is 6.72.